The van der Waals surface area contributed by atoms with Crippen molar-refractivity contribution in [2.45, 2.75) is 19.4 Å². The minimum atomic E-state index is -0.298. The second kappa shape index (κ2) is 5.46. The van der Waals surface area contributed by atoms with Gasteiger partial charge in [0.05, 0.1) is 6.04 Å². The van der Waals surface area contributed by atoms with Crippen LogP contribution in [0.1, 0.15) is 23.9 Å². The van der Waals surface area contributed by atoms with Crippen LogP contribution in [0.4, 0.5) is 0 Å². The highest BCUT2D eigenvalue weighted by Gasteiger charge is 2.15. The van der Waals surface area contributed by atoms with E-state index in [2.05, 4.69) is 32.6 Å². The van der Waals surface area contributed by atoms with Crippen molar-refractivity contribution < 1.29 is 4.52 Å². The molecule has 1 aromatic heterocycles. The van der Waals surface area contributed by atoms with E-state index >= 15 is 0 Å². The number of halogens is 1. The minimum Gasteiger partial charge on any atom is -0.337 e. The van der Waals surface area contributed by atoms with Crippen LogP contribution in [0.15, 0.2) is 39.8 Å². The van der Waals surface area contributed by atoms with Crippen LogP contribution in [-0.4, -0.2) is 10.1 Å². The van der Waals surface area contributed by atoms with Gasteiger partial charge in [-0.15, -0.1) is 6.58 Å². The Labute approximate surface area is 114 Å². The normalized spacial score (nSPS) is 12.4. The molecular weight excluding hydrogens is 294 g/mol. The highest BCUT2D eigenvalue weighted by Crippen LogP contribution is 2.27. The molecule has 0 saturated carbocycles. The molecule has 0 radical (unpaired) electrons. The van der Waals surface area contributed by atoms with E-state index in [0.29, 0.717) is 18.1 Å². The Bertz CT molecular complexity index is 565. The van der Waals surface area contributed by atoms with Crippen molar-refractivity contribution >= 4 is 15.9 Å². The van der Waals surface area contributed by atoms with Gasteiger partial charge < -0.3 is 10.3 Å². The Morgan fingerprint density at radius 1 is 1.56 bits per heavy atom. The molecular formula is C13H14BrN3O. The van der Waals surface area contributed by atoms with Crippen molar-refractivity contribution in [1.29, 1.82) is 0 Å². The summed E-state index contributed by atoms with van der Waals surface area (Å²) in [5.41, 5.74) is 7.93. The maximum atomic E-state index is 5.88. The molecule has 94 valence electrons. The van der Waals surface area contributed by atoms with Crippen molar-refractivity contribution in [2.24, 2.45) is 5.73 Å². The molecule has 0 bridgehead atoms. The highest BCUT2D eigenvalue weighted by atomic mass is 79.9. The zero-order valence-corrected chi connectivity index (χ0v) is 11.6. The van der Waals surface area contributed by atoms with E-state index in [1.165, 1.54) is 0 Å². The van der Waals surface area contributed by atoms with Gasteiger partial charge >= 0.3 is 0 Å². The monoisotopic (exact) mass is 307 g/mol. The van der Waals surface area contributed by atoms with Crippen LogP contribution < -0.4 is 5.73 Å². The van der Waals surface area contributed by atoms with Gasteiger partial charge in [-0.05, 0) is 31.0 Å². The lowest BCUT2D eigenvalue weighted by atomic mass is 10.1. The van der Waals surface area contributed by atoms with E-state index in [-0.39, 0.29) is 6.04 Å². The SMILES string of the molecule is C=CCC(N)c1nc(-c2ccc(C)cc2Br)no1. The topological polar surface area (TPSA) is 64.9 Å². The predicted octanol–water partition coefficient (Wildman–Crippen LogP) is 3.38. The fourth-order valence-corrected chi connectivity index (χ4v) is 2.25. The molecule has 0 saturated heterocycles. The Hall–Kier alpha value is -1.46. The average Bonchev–Trinajstić information content (AvgIpc) is 2.78. The molecule has 1 unspecified atom stereocenters. The van der Waals surface area contributed by atoms with E-state index < -0.39 is 0 Å². The number of rotatable bonds is 4. The van der Waals surface area contributed by atoms with Gasteiger partial charge in [0.2, 0.25) is 11.7 Å². The second-order valence-corrected chi connectivity index (χ2v) is 4.92. The summed E-state index contributed by atoms with van der Waals surface area (Å²) < 4.78 is 6.10. The minimum absolute atomic E-state index is 0.298. The largest absolute Gasteiger partial charge is 0.337 e. The van der Waals surface area contributed by atoms with Crippen LogP contribution in [-0.2, 0) is 0 Å². The summed E-state index contributed by atoms with van der Waals surface area (Å²) in [5, 5.41) is 3.95. The van der Waals surface area contributed by atoms with Gasteiger partial charge in [-0.3, -0.25) is 0 Å². The van der Waals surface area contributed by atoms with E-state index in [9.17, 15) is 0 Å². The van der Waals surface area contributed by atoms with Gasteiger partial charge in [0.25, 0.3) is 0 Å². The molecule has 0 aliphatic carbocycles. The van der Waals surface area contributed by atoms with Crippen molar-refractivity contribution in [2.75, 3.05) is 0 Å². The van der Waals surface area contributed by atoms with E-state index in [0.717, 1.165) is 15.6 Å². The third kappa shape index (κ3) is 2.68. The zero-order valence-electron chi connectivity index (χ0n) is 10.1. The maximum Gasteiger partial charge on any atom is 0.244 e. The molecule has 2 rings (SSSR count). The lowest BCUT2D eigenvalue weighted by Crippen LogP contribution is -2.09. The predicted molar refractivity (Wildman–Crippen MR) is 73.9 cm³/mol. The molecule has 1 aromatic carbocycles. The second-order valence-electron chi connectivity index (χ2n) is 4.07. The molecule has 5 heteroatoms. The standard InChI is InChI=1S/C13H14BrN3O/c1-3-4-11(15)13-16-12(17-18-13)9-6-5-8(2)7-10(9)14/h3,5-7,11H,1,4,15H2,2H3. The lowest BCUT2D eigenvalue weighted by molar-refractivity contribution is 0.356. The quantitative estimate of drug-likeness (QED) is 0.879. The summed E-state index contributed by atoms with van der Waals surface area (Å²) in [6.07, 6.45) is 2.34. The zero-order chi connectivity index (χ0) is 13.1. The van der Waals surface area contributed by atoms with E-state index in [1.54, 1.807) is 6.08 Å². The fraction of sp³-hybridized carbons (Fsp3) is 0.231. The number of nitrogens with two attached hydrogens (primary N) is 1. The van der Waals surface area contributed by atoms with Gasteiger partial charge in [0.15, 0.2) is 0 Å². The summed E-state index contributed by atoms with van der Waals surface area (Å²) in [5.74, 6) is 0.966. The van der Waals surface area contributed by atoms with Crippen LogP contribution >= 0.6 is 15.9 Å². The third-order valence-corrected chi connectivity index (χ3v) is 3.20. The molecule has 18 heavy (non-hydrogen) atoms. The number of hydrogen-bond donors (Lipinski definition) is 1. The first kappa shape index (κ1) is 13.0. The van der Waals surface area contributed by atoms with Crippen LogP contribution in [0.3, 0.4) is 0 Å². The third-order valence-electron chi connectivity index (χ3n) is 2.55. The highest BCUT2D eigenvalue weighted by molar-refractivity contribution is 9.10. The van der Waals surface area contributed by atoms with Crippen LogP contribution in [0.2, 0.25) is 0 Å². The van der Waals surface area contributed by atoms with Gasteiger partial charge in [0, 0.05) is 10.0 Å². The number of benzene rings is 1. The molecule has 2 aromatic rings. The number of aryl methyl sites for hydroxylation is 1. The Morgan fingerprint density at radius 2 is 2.33 bits per heavy atom. The molecule has 2 N–H and O–H groups in total. The summed E-state index contributed by atoms with van der Waals surface area (Å²) in [6, 6.07) is 5.66. The number of aromatic nitrogens is 2. The van der Waals surface area contributed by atoms with E-state index in [1.807, 2.05) is 25.1 Å². The van der Waals surface area contributed by atoms with Crippen molar-refractivity contribution in [3.63, 3.8) is 0 Å². The molecule has 0 amide bonds. The van der Waals surface area contributed by atoms with Crippen LogP contribution in [0.5, 0.6) is 0 Å². The Morgan fingerprint density at radius 3 is 3.00 bits per heavy atom. The molecule has 0 fully saturated rings. The number of hydrogen-bond acceptors (Lipinski definition) is 4. The summed E-state index contributed by atoms with van der Waals surface area (Å²) >= 11 is 3.49. The van der Waals surface area contributed by atoms with Gasteiger partial charge in [-0.1, -0.05) is 33.2 Å². The molecule has 1 heterocycles. The van der Waals surface area contributed by atoms with Crippen molar-refractivity contribution in [3.05, 3.63) is 46.8 Å². The molecule has 4 nitrogen and oxygen atoms in total. The summed E-state index contributed by atoms with van der Waals surface area (Å²) in [6.45, 7) is 5.66. The smallest absolute Gasteiger partial charge is 0.244 e. The van der Waals surface area contributed by atoms with Crippen LogP contribution in [0, 0.1) is 6.92 Å². The number of nitrogens with zero attached hydrogens (tertiary/aromatic N) is 2. The maximum absolute atomic E-state index is 5.88. The summed E-state index contributed by atoms with van der Waals surface area (Å²) in [7, 11) is 0. The van der Waals surface area contributed by atoms with E-state index in [4.69, 9.17) is 10.3 Å². The molecule has 0 aliphatic rings. The van der Waals surface area contributed by atoms with Crippen LogP contribution in [0.25, 0.3) is 11.4 Å². The summed E-state index contributed by atoms with van der Waals surface area (Å²) in [4.78, 5) is 4.31. The molecule has 1 atom stereocenters. The van der Waals surface area contributed by atoms with Crippen molar-refractivity contribution in [3.8, 4) is 11.4 Å². The Balaban J connectivity index is 2.32. The van der Waals surface area contributed by atoms with Gasteiger partial charge in [-0.25, -0.2) is 0 Å². The first-order chi connectivity index (χ1) is 8.61. The lowest BCUT2D eigenvalue weighted by Gasteiger charge is -2.01. The Kier molecular flexibility index (Phi) is 3.93. The first-order valence-electron chi connectivity index (χ1n) is 5.58. The molecule has 0 spiro atoms. The van der Waals surface area contributed by atoms with Gasteiger partial charge in [-0.2, -0.15) is 4.98 Å². The molecule has 0 aliphatic heterocycles. The first-order valence-corrected chi connectivity index (χ1v) is 6.37. The fourth-order valence-electron chi connectivity index (χ4n) is 1.58. The van der Waals surface area contributed by atoms with Crippen molar-refractivity contribution in [1.82, 2.24) is 10.1 Å². The average molecular weight is 308 g/mol. The van der Waals surface area contributed by atoms with Gasteiger partial charge in [0.1, 0.15) is 0 Å².